The Balaban J connectivity index is 2.62. The molecule has 1 aromatic rings. The van der Waals surface area contributed by atoms with E-state index in [1.165, 1.54) is 5.56 Å². The standard InChI is InChI=1S/C17H23N3/c1-5-12-19-13-8-10-15(3)20-17(18-4)16-11-7-6-9-14(16)2/h6-9,11-13H,3,5,10H2,1-2,4H3,(H,18,20)/b13-8-,19-12?. The molecule has 0 aliphatic heterocycles. The van der Waals surface area contributed by atoms with E-state index >= 15 is 0 Å². The van der Waals surface area contributed by atoms with Crippen LogP contribution < -0.4 is 5.32 Å². The lowest BCUT2D eigenvalue weighted by molar-refractivity contribution is 1.03. The van der Waals surface area contributed by atoms with Gasteiger partial charge in [0.1, 0.15) is 5.84 Å². The molecule has 0 heterocycles. The van der Waals surface area contributed by atoms with Gasteiger partial charge in [0.05, 0.1) is 0 Å². The molecule has 1 aromatic carbocycles. The van der Waals surface area contributed by atoms with Gasteiger partial charge in [0.25, 0.3) is 0 Å². The molecule has 1 N–H and O–H groups in total. The SMILES string of the molecule is C=C(C/C=C\N=CCC)NC(=NC)c1ccccc1C. The van der Waals surface area contributed by atoms with Crippen molar-refractivity contribution in [3.63, 3.8) is 0 Å². The smallest absolute Gasteiger partial charge is 0.132 e. The molecule has 0 spiro atoms. The number of nitrogens with one attached hydrogen (secondary N) is 1. The van der Waals surface area contributed by atoms with Crippen LogP contribution in [0, 0.1) is 6.92 Å². The highest BCUT2D eigenvalue weighted by Crippen LogP contribution is 2.09. The van der Waals surface area contributed by atoms with Crippen LogP contribution in [0.15, 0.2) is 58.8 Å². The molecule has 106 valence electrons. The molecule has 0 aromatic heterocycles. The van der Waals surface area contributed by atoms with Crippen molar-refractivity contribution in [1.29, 1.82) is 0 Å². The predicted molar refractivity (Wildman–Crippen MR) is 88.5 cm³/mol. The van der Waals surface area contributed by atoms with Gasteiger partial charge in [-0.3, -0.25) is 9.98 Å². The molecular formula is C17H23N3. The van der Waals surface area contributed by atoms with Crippen molar-refractivity contribution < 1.29 is 0 Å². The fraction of sp³-hybridized carbons (Fsp3) is 0.294. The average Bonchev–Trinajstić information content (AvgIpc) is 2.45. The second-order valence-electron chi connectivity index (χ2n) is 4.44. The summed E-state index contributed by atoms with van der Waals surface area (Å²) in [6, 6.07) is 8.16. The molecule has 0 amide bonds. The van der Waals surface area contributed by atoms with Gasteiger partial charge < -0.3 is 5.32 Å². The third kappa shape index (κ3) is 5.22. The van der Waals surface area contributed by atoms with Gasteiger partial charge in [-0.05, 0) is 18.9 Å². The lowest BCUT2D eigenvalue weighted by Gasteiger charge is -2.12. The summed E-state index contributed by atoms with van der Waals surface area (Å²) in [4.78, 5) is 8.44. The number of aliphatic imine (C=N–C) groups is 2. The van der Waals surface area contributed by atoms with Gasteiger partial charge in [-0.25, -0.2) is 0 Å². The number of rotatable bonds is 6. The van der Waals surface area contributed by atoms with E-state index in [0.29, 0.717) is 0 Å². The minimum atomic E-state index is 0.728. The van der Waals surface area contributed by atoms with E-state index in [9.17, 15) is 0 Å². The van der Waals surface area contributed by atoms with Crippen LogP contribution in [-0.4, -0.2) is 19.1 Å². The third-order valence-corrected chi connectivity index (χ3v) is 2.76. The first-order valence-corrected chi connectivity index (χ1v) is 6.83. The third-order valence-electron chi connectivity index (χ3n) is 2.76. The Hall–Kier alpha value is -2.16. The van der Waals surface area contributed by atoms with Crippen molar-refractivity contribution in [3.05, 3.63) is 59.9 Å². The largest absolute Gasteiger partial charge is 0.344 e. The van der Waals surface area contributed by atoms with Crippen LogP contribution in [0.3, 0.4) is 0 Å². The predicted octanol–water partition coefficient (Wildman–Crippen LogP) is 3.86. The topological polar surface area (TPSA) is 36.8 Å². The normalized spacial score (nSPS) is 12.2. The summed E-state index contributed by atoms with van der Waals surface area (Å²) < 4.78 is 0. The molecular weight excluding hydrogens is 246 g/mol. The van der Waals surface area contributed by atoms with E-state index in [-0.39, 0.29) is 0 Å². The van der Waals surface area contributed by atoms with Crippen LogP contribution in [0.2, 0.25) is 0 Å². The first-order chi connectivity index (χ1) is 9.69. The minimum Gasteiger partial charge on any atom is -0.344 e. The van der Waals surface area contributed by atoms with E-state index in [0.717, 1.165) is 29.9 Å². The molecule has 0 saturated carbocycles. The van der Waals surface area contributed by atoms with Gasteiger partial charge >= 0.3 is 0 Å². The van der Waals surface area contributed by atoms with Gasteiger partial charge in [0, 0.05) is 37.1 Å². The maximum absolute atomic E-state index is 4.31. The summed E-state index contributed by atoms with van der Waals surface area (Å²) in [7, 11) is 1.78. The van der Waals surface area contributed by atoms with E-state index in [1.54, 1.807) is 13.2 Å². The lowest BCUT2D eigenvalue weighted by atomic mass is 10.1. The van der Waals surface area contributed by atoms with Crippen LogP contribution in [0.4, 0.5) is 0 Å². The molecule has 0 aliphatic rings. The lowest BCUT2D eigenvalue weighted by Crippen LogP contribution is -2.24. The number of nitrogens with zero attached hydrogens (tertiary/aromatic N) is 2. The Labute approximate surface area is 121 Å². The summed E-state index contributed by atoms with van der Waals surface area (Å²) in [6.45, 7) is 8.15. The first kappa shape index (κ1) is 15.9. The molecule has 0 bridgehead atoms. The molecule has 3 nitrogen and oxygen atoms in total. The van der Waals surface area contributed by atoms with E-state index in [2.05, 4.69) is 47.9 Å². The fourth-order valence-corrected chi connectivity index (χ4v) is 1.72. The van der Waals surface area contributed by atoms with Crippen LogP contribution in [0.25, 0.3) is 0 Å². The summed E-state index contributed by atoms with van der Waals surface area (Å²) in [5, 5.41) is 3.27. The maximum atomic E-state index is 4.31. The number of amidine groups is 1. The van der Waals surface area contributed by atoms with E-state index in [4.69, 9.17) is 0 Å². The molecule has 0 radical (unpaired) electrons. The Morgan fingerprint density at radius 1 is 1.35 bits per heavy atom. The molecule has 0 atom stereocenters. The zero-order valence-electron chi connectivity index (χ0n) is 12.6. The molecule has 3 heteroatoms. The van der Waals surface area contributed by atoms with Crippen molar-refractivity contribution in [2.24, 2.45) is 9.98 Å². The second-order valence-corrected chi connectivity index (χ2v) is 4.44. The highest BCUT2D eigenvalue weighted by atomic mass is 15.0. The summed E-state index contributed by atoms with van der Waals surface area (Å²) in [6.07, 6.45) is 7.33. The quantitative estimate of drug-likeness (QED) is 0.618. The Bertz CT molecular complexity index is 525. The molecule has 0 unspecified atom stereocenters. The van der Waals surface area contributed by atoms with Crippen molar-refractivity contribution in [2.45, 2.75) is 26.7 Å². The Kier molecular flexibility index (Phi) is 7.04. The Morgan fingerprint density at radius 2 is 2.10 bits per heavy atom. The molecule has 1 rings (SSSR count). The molecule has 20 heavy (non-hydrogen) atoms. The van der Waals surface area contributed by atoms with Gasteiger partial charge in [-0.2, -0.15) is 0 Å². The average molecular weight is 269 g/mol. The van der Waals surface area contributed by atoms with Gasteiger partial charge in [-0.1, -0.05) is 43.8 Å². The van der Waals surface area contributed by atoms with Crippen molar-refractivity contribution in [1.82, 2.24) is 5.32 Å². The molecule has 0 saturated heterocycles. The monoisotopic (exact) mass is 269 g/mol. The first-order valence-electron chi connectivity index (χ1n) is 6.83. The fourth-order valence-electron chi connectivity index (χ4n) is 1.72. The zero-order chi connectivity index (χ0) is 14.8. The van der Waals surface area contributed by atoms with Crippen LogP contribution in [-0.2, 0) is 0 Å². The summed E-state index contributed by atoms with van der Waals surface area (Å²) >= 11 is 0. The van der Waals surface area contributed by atoms with Crippen LogP contribution in [0.5, 0.6) is 0 Å². The second kappa shape index (κ2) is 8.86. The van der Waals surface area contributed by atoms with Crippen molar-refractivity contribution in [3.8, 4) is 0 Å². The Morgan fingerprint density at radius 3 is 2.75 bits per heavy atom. The number of benzene rings is 1. The highest BCUT2D eigenvalue weighted by molar-refractivity contribution is 6.00. The summed E-state index contributed by atoms with van der Waals surface area (Å²) in [5.41, 5.74) is 3.19. The number of hydrogen-bond acceptors (Lipinski definition) is 2. The van der Waals surface area contributed by atoms with E-state index in [1.807, 2.05) is 24.4 Å². The molecule has 0 fully saturated rings. The van der Waals surface area contributed by atoms with Crippen molar-refractivity contribution in [2.75, 3.05) is 7.05 Å². The van der Waals surface area contributed by atoms with Gasteiger partial charge in [0.2, 0.25) is 0 Å². The number of hydrogen-bond donors (Lipinski definition) is 1. The van der Waals surface area contributed by atoms with E-state index < -0.39 is 0 Å². The highest BCUT2D eigenvalue weighted by Gasteiger charge is 2.05. The summed E-state index contributed by atoms with van der Waals surface area (Å²) in [5.74, 6) is 0.846. The van der Waals surface area contributed by atoms with Gasteiger partial charge in [0.15, 0.2) is 0 Å². The minimum absolute atomic E-state index is 0.728. The maximum Gasteiger partial charge on any atom is 0.132 e. The zero-order valence-corrected chi connectivity index (χ0v) is 12.6. The number of allylic oxidation sites excluding steroid dienone is 1. The van der Waals surface area contributed by atoms with Gasteiger partial charge in [-0.15, -0.1) is 0 Å². The van der Waals surface area contributed by atoms with Crippen LogP contribution in [0.1, 0.15) is 30.9 Å². The number of aryl methyl sites for hydroxylation is 1. The van der Waals surface area contributed by atoms with Crippen molar-refractivity contribution >= 4 is 12.1 Å². The molecule has 0 aliphatic carbocycles. The van der Waals surface area contributed by atoms with Crippen LogP contribution >= 0.6 is 0 Å².